The first-order valence-electron chi connectivity index (χ1n) is 17.2. The zero-order valence-corrected chi connectivity index (χ0v) is 30.6. The van der Waals surface area contributed by atoms with Crippen LogP contribution < -0.4 is 5.32 Å². The molecule has 10 nitrogen and oxygen atoms in total. The zero-order valence-electron chi connectivity index (χ0n) is 29.0. The maximum atomic E-state index is 13.0. The summed E-state index contributed by atoms with van der Waals surface area (Å²) in [7, 11) is -3.25. The predicted octanol–water partition coefficient (Wildman–Crippen LogP) is 6.00. The maximum absolute atomic E-state index is 13.0. The molecule has 0 aliphatic carbocycles. The van der Waals surface area contributed by atoms with E-state index in [2.05, 4.69) is 61.7 Å². The SMILES string of the molecule is Cc1c(CN2CCC(Nc3ncnc4sc(CC(F)(F)F)cc34)CC2)ccc2c1cc(C#N)n2C[C@H](C)N1CCN(S(=O)(=O)CC(C)C)CC1. The van der Waals surface area contributed by atoms with Crippen molar-refractivity contribution in [3.05, 3.63) is 52.3 Å². The molecule has 5 heterocycles. The number of piperazine rings is 1. The Morgan fingerprint density at radius 2 is 1.76 bits per heavy atom. The van der Waals surface area contributed by atoms with Crippen LogP contribution in [0.3, 0.4) is 0 Å². The molecule has 1 atom stereocenters. The standard InChI is InChI=1S/C35H45F3N8O2S2/c1-23(2)21-50(47,48)45-13-11-44(12-14-45)24(3)19-46-28(18-39)15-30-25(4)26(5-6-32(30)46)20-43-9-7-27(8-10-43)42-33-31-16-29(17-35(36,37)38)49-34(31)41-22-40-33/h5-6,15-16,22-24,27H,7-14,17,19-21H2,1-4H3,(H,40,41,42)/t24-/m0/s1. The lowest BCUT2D eigenvalue weighted by molar-refractivity contribution is -0.126. The Kier molecular flexibility index (Phi) is 10.8. The third-order valence-corrected chi connectivity index (χ3v) is 13.2. The Hall–Kier alpha value is -3.29. The van der Waals surface area contributed by atoms with Crippen molar-refractivity contribution in [2.45, 2.75) is 78.3 Å². The van der Waals surface area contributed by atoms with E-state index in [0.717, 1.165) is 60.3 Å². The number of alkyl halides is 3. The van der Waals surface area contributed by atoms with Gasteiger partial charge in [0.15, 0.2) is 0 Å². The van der Waals surface area contributed by atoms with E-state index in [-0.39, 0.29) is 28.6 Å². The number of fused-ring (bicyclic) bond motifs is 2. The number of sulfonamides is 1. The average molecular weight is 731 g/mol. The Morgan fingerprint density at radius 3 is 2.42 bits per heavy atom. The maximum Gasteiger partial charge on any atom is 0.393 e. The number of piperidine rings is 1. The van der Waals surface area contributed by atoms with E-state index in [1.807, 2.05) is 19.9 Å². The Bertz CT molecular complexity index is 1970. The zero-order chi connectivity index (χ0) is 35.8. The third kappa shape index (κ3) is 8.26. The first kappa shape index (κ1) is 36.5. The monoisotopic (exact) mass is 730 g/mol. The van der Waals surface area contributed by atoms with Crippen LogP contribution in [0.5, 0.6) is 0 Å². The molecule has 2 aliphatic heterocycles. The van der Waals surface area contributed by atoms with Gasteiger partial charge in [-0.15, -0.1) is 11.3 Å². The lowest BCUT2D eigenvalue weighted by Gasteiger charge is -2.38. The molecule has 1 aromatic carbocycles. The van der Waals surface area contributed by atoms with Crippen molar-refractivity contribution in [2.24, 2.45) is 5.92 Å². The number of nitrogens with one attached hydrogen (secondary N) is 1. The summed E-state index contributed by atoms with van der Waals surface area (Å²) in [6.45, 7) is 13.5. The van der Waals surface area contributed by atoms with Crippen molar-refractivity contribution in [1.82, 2.24) is 28.6 Å². The van der Waals surface area contributed by atoms with Crippen LogP contribution in [0.25, 0.3) is 21.1 Å². The van der Waals surface area contributed by atoms with Crippen molar-refractivity contribution in [1.29, 1.82) is 5.26 Å². The Morgan fingerprint density at radius 1 is 1.04 bits per heavy atom. The van der Waals surface area contributed by atoms with Crippen LogP contribution in [0.2, 0.25) is 0 Å². The van der Waals surface area contributed by atoms with Gasteiger partial charge in [-0.25, -0.2) is 18.4 Å². The predicted molar refractivity (Wildman–Crippen MR) is 192 cm³/mol. The minimum Gasteiger partial charge on any atom is -0.367 e. The molecule has 6 rings (SSSR count). The van der Waals surface area contributed by atoms with Crippen molar-refractivity contribution in [2.75, 3.05) is 50.3 Å². The number of rotatable bonds is 11. The molecule has 50 heavy (non-hydrogen) atoms. The van der Waals surface area contributed by atoms with Gasteiger partial charge in [0, 0.05) is 80.2 Å². The van der Waals surface area contributed by atoms with Crippen LogP contribution in [0, 0.1) is 24.2 Å². The highest BCUT2D eigenvalue weighted by Gasteiger charge is 2.31. The normalized spacial score (nSPS) is 18.3. The van der Waals surface area contributed by atoms with Crippen LogP contribution in [0.4, 0.5) is 19.0 Å². The molecule has 0 spiro atoms. The summed E-state index contributed by atoms with van der Waals surface area (Å²) in [6.07, 6.45) is -2.08. The van der Waals surface area contributed by atoms with Crippen LogP contribution in [-0.4, -0.2) is 100 Å². The minimum atomic E-state index is -4.27. The van der Waals surface area contributed by atoms with E-state index >= 15 is 0 Å². The molecular formula is C35H45F3N8O2S2. The quantitative estimate of drug-likeness (QED) is 0.200. The lowest BCUT2D eigenvalue weighted by Crippen LogP contribution is -2.52. The van der Waals surface area contributed by atoms with Crippen molar-refractivity contribution in [3.63, 3.8) is 0 Å². The molecule has 0 bridgehead atoms. The van der Waals surface area contributed by atoms with Gasteiger partial charge in [-0.1, -0.05) is 19.9 Å². The first-order valence-corrected chi connectivity index (χ1v) is 19.7. The van der Waals surface area contributed by atoms with Gasteiger partial charge in [-0.3, -0.25) is 9.80 Å². The molecule has 270 valence electrons. The van der Waals surface area contributed by atoms with Gasteiger partial charge in [-0.2, -0.15) is 22.7 Å². The van der Waals surface area contributed by atoms with Gasteiger partial charge >= 0.3 is 6.18 Å². The van der Waals surface area contributed by atoms with Gasteiger partial charge < -0.3 is 9.88 Å². The average Bonchev–Trinajstić information content (AvgIpc) is 3.63. The summed E-state index contributed by atoms with van der Waals surface area (Å²) < 4.78 is 68.1. The summed E-state index contributed by atoms with van der Waals surface area (Å²) in [6, 6.07) is 10.5. The Labute approximate surface area is 295 Å². The largest absolute Gasteiger partial charge is 0.393 e. The highest BCUT2D eigenvalue weighted by Crippen LogP contribution is 2.34. The summed E-state index contributed by atoms with van der Waals surface area (Å²) in [5.74, 6) is 0.845. The van der Waals surface area contributed by atoms with Crippen molar-refractivity contribution < 1.29 is 21.6 Å². The van der Waals surface area contributed by atoms with Crippen LogP contribution >= 0.6 is 11.3 Å². The van der Waals surface area contributed by atoms with Gasteiger partial charge in [0.2, 0.25) is 10.0 Å². The molecular weight excluding hydrogens is 686 g/mol. The van der Waals surface area contributed by atoms with E-state index in [1.165, 1.54) is 11.9 Å². The molecule has 0 radical (unpaired) electrons. The molecule has 2 fully saturated rings. The van der Waals surface area contributed by atoms with Crippen molar-refractivity contribution in [3.8, 4) is 6.07 Å². The number of halogens is 3. The number of benzene rings is 1. The molecule has 0 amide bonds. The molecule has 15 heteroatoms. The second kappa shape index (κ2) is 14.7. The van der Waals surface area contributed by atoms with Crippen molar-refractivity contribution >= 4 is 48.3 Å². The highest BCUT2D eigenvalue weighted by atomic mass is 32.2. The van der Waals surface area contributed by atoms with Crippen LogP contribution in [-0.2, 0) is 29.5 Å². The highest BCUT2D eigenvalue weighted by molar-refractivity contribution is 7.89. The topological polar surface area (TPSA) is 110 Å². The van der Waals surface area contributed by atoms with Gasteiger partial charge in [0.25, 0.3) is 0 Å². The van der Waals surface area contributed by atoms with Gasteiger partial charge in [0.1, 0.15) is 28.7 Å². The molecule has 1 N–H and O–H groups in total. The molecule has 4 aromatic rings. The first-order chi connectivity index (χ1) is 23.7. The number of aromatic nitrogens is 3. The fourth-order valence-electron chi connectivity index (χ4n) is 7.29. The fourth-order valence-corrected chi connectivity index (χ4v) is 10.1. The second-order valence-corrected chi connectivity index (χ2v) is 17.3. The summed E-state index contributed by atoms with van der Waals surface area (Å²) in [5.41, 5.74) is 4.02. The molecule has 0 saturated carbocycles. The number of nitrogens with zero attached hydrogens (tertiary/aromatic N) is 7. The smallest absolute Gasteiger partial charge is 0.367 e. The van der Waals surface area contributed by atoms with E-state index in [9.17, 15) is 26.9 Å². The number of aryl methyl sites for hydroxylation is 1. The van der Waals surface area contributed by atoms with E-state index in [4.69, 9.17) is 0 Å². The number of hydrogen-bond donors (Lipinski definition) is 1. The van der Waals surface area contributed by atoms with Gasteiger partial charge in [0.05, 0.1) is 17.6 Å². The minimum absolute atomic E-state index is 0.0893. The van der Waals surface area contributed by atoms with Crippen LogP contribution in [0.15, 0.2) is 30.6 Å². The van der Waals surface area contributed by atoms with Crippen LogP contribution in [0.1, 0.15) is 55.3 Å². The third-order valence-electron chi connectivity index (χ3n) is 9.94. The van der Waals surface area contributed by atoms with E-state index in [0.29, 0.717) is 54.5 Å². The molecule has 2 saturated heterocycles. The fraction of sp³-hybridized carbons (Fsp3) is 0.571. The number of nitriles is 1. The number of anilines is 1. The van der Waals surface area contributed by atoms with E-state index < -0.39 is 22.6 Å². The number of hydrogen-bond acceptors (Lipinski definition) is 9. The number of thiophene rings is 1. The summed E-state index contributed by atoms with van der Waals surface area (Å²) in [5, 5.41) is 15.2. The summed E-state index contributed by atoms with van der Waals surface area (Å²) >= 11 is 1.06. The Balaban J connectivity index is 1.07. The molecule has 2 aliphatic rings. The summed E-state index contributed by atoms with van der Waals surface area (Å²) in [4.78, 5) is 14.1. The second-order valence-electron chi connectivity index (χ2n) is 14.1. The lowest BCUT2D eigenvalue weighted by atomic mass is 10.0. The van der Waals surface area contributed by atoms with Gasteiger partial charge in [-0.05, 0) is 61.9 Å². The molecule has 0 unspecified atom stereocenters. The number of likely N-dealkylation sites (tertiary alicyclic amines) is 1. The molecule has 3 aromatic heterocycles. The van der Waals surface area contributed by atoms with E-state index in [1.54, 1.807) is 10.4 Å².